The molecule has 3 aliphatic rings. The summed E-state index contributed by atoms with van der Waals surface area (Å²) in [6.07, 6.45) is 2.61. The molecule has 2 N–H and O–H groups in total. The van der Waals surface area contributed by atoms with Crippen LogP contribution >= 0.6 is 23.2 Å². The lowest BCUT2D eigenvalue weighted by Crippen LogP contribution is -2.52. The minimum Gasteiger partial charge on any atom is -0.347 e. The van der Waals surface area contributed by atoms with E-state index in [1.807, 2.05) is 0 Å². The summed E-state index contributed by atoms with van der Waals surface area (Å²) < 4.78 is 27.5. The monoisotopic (exact) mass is 647 g/mol. The molecule has 43 heavy (non-hydrogen) atoms. The Morgan fingerprint density at radius 2 is 1.65 bits per heavy atom. The van der Waals surface area contributed by atoms with Crippen molar-refractivity contribution in [1.29, 1.82) is 0 Å². The number of ketones is 1. The maximum absolute atomic E-state index is 14.2. The molecule has 3 fully saturated rings. The van der Waals surface area contributed by atoms with Crippen LogP contribution in [0.3, 0.4) is 0 Å². The third-order valence-electron chi connectivity index (χ3n) is 8.60. The summed E-state index contributed by atoms with van der Waals surface area (Å²) in [6, 6.07) is 11.4. The van der Waals surface area contributed by atoms with Crippen molar-refractivity contribution in [3.05, 3.63) is 64.1 Å². The second kappa shape index (κ2) is 12.2. The third kappa shape index (κ3) is 6.61. The van der Waals surface area contributed by atoms with E-state index in [-0.39, 0.29) is 47.2 Å². The fourth-order valence-corrected chi connectivity index (χ4v) is 8.18. The highest BCUT2D eigenvalue weighted by atomic mass is 35.5. The van der Waals surface area contributed by atoms with Gasteiger partial charge in [-0.1, -0.05) is 61.3 Å². The van der Waals surface area contributed by atoms with Crippen molar-refractivity contribution in [3.8, 4) is 0 Å². The molecule has 2 aromatic carbocycles. The lowest BCUT2D eigenvalue weighted by molar-refractivity contribution is -0.141. The van der Waals surface area contributed by atoms with Crippen molar-refractivity contribution in [2.45, 2.75) is 86.1 Å². The second-order valence-electron chi connectivity index (χ2n) is 12.1. The first-order chi connectivity index (χ1) is 20.3. The molecule has 2 aliphatic carbocycles. The molecule has 9 nitrogen and oxygen atoms in total. The number of benzene rings is 2. The average Bonchev–Trinajstić information content (AvgIpc) is 3.90. The molecule has 230 valence electrons. The van der Waals surface area contributed by atoms with Gasteiger partial charge >= 0.3 is 0 Å². The summed E-state index contributed by atoms with van der Waals surface area (Å²) in [6.45, 7) is 3.36. The Morgan fingerprint density at radius 1 is 1.00 bits per heavy atom. The van der Waals surface area contributed by atoms with Crippen LogP contribution < -0.4 is 10.6 Å². The topological polar surface area (TPSA) is 130 Å². The third-order valence-corrected chi connectivity index (χ3v) is 11.5. The molecule has 1 saturated heterocycles. The number of Topliss-reactive ketones (excluding diaryl/α,β-unsaturated/α-hetero) is 1. The van der Waals surface area contributed by atoms with Gasteiger partial charge in [0.2, 0.25) is 17.6 Å². The number of nitrogens with zero attached hydrogens (tertiary/aromatic N) is 1. The van der Waals surface area contributed by atoms with E-state index in [1.165, 1.54) is 17.0 Å². The van der Waals surface area contributed by atoms with Crippen molar-refractivity contribution >= 4 is 56.5 Å². The number of nitrogens with one attached hydrogen (secondary N) is 2. The van der Waals surface area contributed by atoms with Crippen LogP contribution in [0.15, 0.2) is 53.4 Å². The Balaban J connectivity index is 1.39. The number of hydrogen-bond acceptors (Lipinski definition) is 6. The Labute approximate surface area is 261 Å². The summed E-state index contributed by atoms with van der Waals surface area (Å²) in [5.41, 5.74) is -0.0330. The molecule has 1 aliphatic heterocycles. The Morgan fingerprint density at radius 3 is 2.23 bits per heavy atom. The summed E-state index contributed by atoms with van der Waals surface area (Å²) in [5.74, 6) is -2.61. The van der Waals surface area contributed by atoms with E-state index in [1.54, 1.807) is 50.2 Å². The molecule has 1 heterocycles. The molecular weight excluding hydrogens is 613 g/mol. The highest BCUT2D eigenvalue weighted by molar-refractivity contribution is 7.92. The van der Waals surface area contributed by atoms with E-state index in [2.05, 4.69) is 10.6 Å². The van der Waals surface area contributed by atoms with Gasteiger partial charge in [-0.15, -0.1) is 0 Å². The van der Waals surface area contributed by atoms with E-state index in [0.29, 0.717) is 17.9 Å². The number of sulfone groups is 1. The van der Waals surface area contributed by atoms with Gasteiger partial charge in [0.1, 0.15) is 0 Å². The minimum atomic E-state index is -3.95. The Hall–Kier alpha value is -2.95. The maximum atomic E-state index is 14.2. The van der Waals surface area contributed by atoms with Gasteiger partial charge in [0.25, 0.3) is 5.91 Å². The quantitative estimate of drug-likeness (QED) is 0.357. The average molecular weight is 649 g/mol. The van der Waals surface area contributed by atoms with Crippen LogP contribution in [0.2, 0.25) is 10.0 Å². The molecule has 0 bridgehead atoms. The number of carbonyl (C=O) groups excluding carboxylic acids is 4. The number of halogens is 2. The van der Waals surface area contributed by atoms with E-state index < -0.39 is 50.2 Å². The number of rotatable bonds is 11. The number of carbonyl (C=O) groups is 4. The number of hydrogen-bond donors (Lipinski definition) is 2. The van der Waals surface area contributed by atoms with Gasteiger partial charge in [0.05, 0.1) is 26.6 Å². The molecule has 3 unspecified atom stereocenters. The van der Waals surface area contributed by atoms with Gasteiger partial charge in [-0.2, -0.15) is 0 Å². The molecule has 0 aromatic heterocycles. The van der Waals surface area contributed by atoms with Crippen LogP contribution in [0.25, 0.3) is 0 Å². The molecule has 3 amide bonds. The summed E-state index contributed by atoms with van der Waals surface area (Å²) in [4.78, 5) is 54.4. The zero-order valence-electron chi connectivity index (χ0n) is 24.0. The molecule has 2 aromatic rings. The fraction of sp³-hybridized carbons (Fsp3) is 0.484. The molecule has 2 saturated carbocycles. The Bertz CT molecular complexity index is 1540. The largest absolute Gasteiger partial charge is 0.347 e. The predicted molar refractivity (Wildman–Crippen MR) is 162 cm³/mol. The lowest BCUT2D eigenvalue weighted by atomic mass is 9.93. The highest BCUT2D eigenvalue weighted by Crippen LogP contribution is 2.51. The molecule has 12 heteroatoms. The molecule has 3 atom stereocenters. The normalized spacial score (nSPS) is 21.7. The van der Waals surface area contributed by atoms with E-state index in [9.17, 15) is 27.6 Å². The van der Waals surface area contributed by atoms with Gasteiger partial charge in [-0.3, -0.25) is 19.2 Å². The maximum Gasteiger partial charge on any atom is 0.289 e. The second-order valence-corrected chi connectivity index (χ2v) is 15.2. The summed E-state index contributed by atoms with van der Waals surface area (Å²) in [5, 5.41) is 4.99. The van der Waals surface area contributed by atoms with Crippen molar-refractivity contribution in [1.82, 2.24) is 15.5 Å². The molecule has 0 spiro atoms. The first-order valence-electron chi connectivity index (χ1n) is 14.5. The fourth-order valence-electron chi connectivity index (χ4n) is 5.80. The summed E-state index contributed by atoms with van der Waals surface area (Å²) in [7, 11) is -3.95. The number of likely N-dealkylation sites (tertiary alicyclic amines) is 1. The van der Waals surface area contributed by atoms with Gasteiger partial charge in [0, 0.05) is 30.1 Å². The Kier molecular flexibility index (Phi) is 8.94. The van der Waals surface area contributed by atoms with Crippen molar-refractivity contribution in [2.24, 2.45) is 5.92 Å². The van der Waals surface area contributed by atoms with Gasteiger partial charge in [-0.05, 0) is 67.9 Å². The zero-order chi connectivity index (χ0) is 31.1. The van der Waals surface area contributed by atoms with Crippen molar-refractivity contribution < 1.29 is 27.6 Å². The van der Waals surface area contributed by atoms with Crippen LogP contribution in [0, 0.1) is 5.92 Å². The first-order valence-corrected chi connectivity index (χ1v) is 16.8. The zero-order valence-corrected chi connectivity index (χ0v) is 26.3. The summed E-state index contributed by atoms with van der Waals surface area (Å²) >= 11 is 12.3. The van der Waals surface area contributed by atoms with Crippen LogP contribution in [-0.4, -0.2) is 66.7 Å². The van der Waals surface area contributed by atoms with Crippen molar-refractivity contribution in [3.63, 3.8) is 0 Å². The molecule has 5 rings (SSSR count). The highest BCUT2D eigenvalue weighted by Gasteiger charge is 2.56. The molecular formula is C31H35Cl2N3O6S. The standard InChI is InChI=1S/C31H35Cl2N3O6S/c1-18(2)27(28(38)29(39)34-21-11-12-21)35-26(37)16-22-15-23(43(41,42)25-6-4-3-5-24(25)33)17-36(22)30(40)31(13-14-31)19-7-9-20(32)10-8-19/h3-10,18,21-23,27H,11-17H2,1-2H3,(H,34,39)(H,35,37). The number of amides is 3. The lowest BCUT2D eigenvalue weighted by Gasteiger charge is -2.29. The van der Waals surface area contributed by atoms with Gasteiger partial charge < -0.3 is 15.5 Å². The predicted octanol–water partition coefficient (Wildman–Crippen LogP) is 3.85. The van der Waals surface area contributed by atoms with Gasteiger partial charge in [-0.25, -0.2) is 8.42 Å². The smallest absolute Gasteiger partial charge is 0.289 e. The molecule has 0 radical (unpaired) electrons. The van der Waals surface area contributed by atoms with E-state index in [4.69, 9.17) is 23.2 Å². The minimum absolute atomic E-state index is 0.00888. The van der Waals surface area contributed by atoms with Crippen LogP contribution in [0.1, 0.15) is 57.9 Å². The van der Waals surface area contributed by atoms with E-state index in [0.717, 1.165) is 18.4 Å². The van der Waals surface area contributed by atoms with Gasteiger partial charge in [0.15, 0.2) is 9.84 Å². The first kappa shape index (κ1) is 31.5. The van der Waals surface area contributed by atoms with Crippen LogP contribution in [0.4, 0.5) is 0 Å². The van der Waals surface area contributed by atoms with Crippen LogP contribution in [0.5, 0.6) is 0 Å². The SMILES string of the molecule is CC(C)C(NC(=O)CC1CC(S(=O)(=O)c2ccccc2Cl)CN1C(=O)C1(c2ccc(Cl)cc2)CC1)C(=O)C(=O)NC1CC1. The van der Waals surface area contributed by atoms with E-state index >= 15 is 0 Å². The van der Waals surface area contributed by atoms with Crippen LogP contribution in [-0.2, 0) is 34.4 Å². The van der Waals surface area contributed by atoms with Crippen molar-refractivity contribution in [2.75, 3.05) is 6.54 Å².